The highest BCUT2D eigenvalue weighted by molar-refractivity contribution is 5.84. The van der Waals surface area contributed by atoms with Crippen LogP contribution in [0.5, 0.6) is 0 Å². The van der Waals surface area contributed by atoms with Gasteiger partial charge in [0.2, 0.25) is 0 Å². The molecule has 1 unspecified atom stereocenters. The molecule has 0 saturated carbocycles. The molecule has 0 aliphatic heterocycles. The number of hydrogen-bond donors (Lipinski definition) is 0. The van der Waals surface area contributed by atoms with Crippen molar-refractivity contribution in [1.29, 1.82) is 0 Å². The minimum atomic E-state index is 0.772. The first kappa shape index (κ1) is 12.1. The maximum atomic E-state index is 4.18. The molecule has 1 heterocycles. The van der Waals surface area contributed by atoms with Crippen molar-refractivity contribution in [1.82, 2.24) is 4.98 Å². The minimum Gasteiger partial charge on any atom is -0.264 e. The average Bonchev–Trinajstić information content (AvgIpc) is 2.37. The van der Waals surface area contributed by atoms with E-state index in [0.29, 0.717) is 0 Å². The molecule has 0 saturated heterocycles. The van der Waals surface area contributed by atoms with Gasteiger partial charge in [-0.3, -0.25) is 4.98 Å². The maximum absolute atomic E-state index is 4.18. The van der Waals surface area contributed by atoms with Crippen molar-refractivity contribution >= 4 is 10.8 Å². The molecule has 0 fully saturated rings. The lowest BCUT2D eigenvalue weighted by atomic mass is 9.93. The summed E-state index contributed by atoms with van der Waals surface area (Å²) in [6.07, 6.45) is 8.99. The summed E-state index contributed by atoms with van der Waals surface area (Å²) >= 11 is 0. The Kier molecular flexibility index (Phi) is 4.13. The molecule has 1 aromatic heterocycles. The third-order valence-electron chi connectivity index (χ3n) is 3.39. The summed E-state index contributed by atoms with van der Waals surface area (Å²) in [7, 11) is 0. The number of fused-ring (bicyclic) bond motifs is 1. The van der Waals surface area contributed by atoms with Crippen LogP contribution in [0, 0.1) is 5.92 Å². The normalized spacial score (nSPS) is 12.8. The van der Waals surface area contributed by atoms with Crippen LogP contribution in [0.25, 0.3) is 10.8 Å². The molecule has 90 valence electrons. The third kappa shape index (κ3) is 3.06. The Bertz CT molecular complexity index is 470. The highest BCUT2D eigenvalue weighted by atomic mass is 14.6. The van der Waals surface area contributed by atoms with Gasteiger partial charge in [-0.2, -0.15) is 0 Å². The summed E-state index contributed by atoms with van der Waals surface area (Å²) in [5.41, 5.74) is 1.47. The molecule has 0 aliphatic carbocycles. The van der Waals surface area contributed by atoms with Crippen LogP contribution < -0.4 is 0 Å². The van der Waals surface area contributed by atoms with E-state index in [1.165, 1.54) is 42.0 Å². The maximum Gasteiger partial charge on any atom is 0.0346 e. The Morgan fingerprint density at radius 1 is 1.24 bits per heavy atom. The predicted octanol–water partition coefficient (Wildman–Crippen LogP) is 4.60. The Labute approximate surface area is 104 Å². The van der Waals surface area contributed by atoms with Crippen molar-refractivity contribution in [3.63, 3.8) is 0 Å². The SMILES string of the molecule is CCCCC(C)Cc1cccc2cnccc12. The smallest absolute Gasteiger partial charge is 0.0346 e. The molecule has 0 aliphatic rings. The molecule has 1 heteroatoms. The molecular formula is C16H21N. The summed E-state index contributed by atoms with van der Waals surface area (Å²) in [5.74, 6) is 0.772. The number of hydrogen-bond acceptors (Lipinski definition) is 1. The van der Waals surface area contributed by atoms with Gasteiger partial charge in [0.05, 0.1) is 0 Å². The Balaban J connectivity index is 2.18. The van der Waals surface area contributed by atoms with E-state index in [9.17, 15) is 0 Å². The third-order valence-corrected chi connectivity index (χ3v) is 3.39. The number of aromatic nitrogens is 1. The van der Waals surface area contributed by atoms with E-state index in [1.807, 2.05) is 12.4 Å². The summed E-state index contributed by atoms with van der Waals surface area (Å²) < 4.78 is 0. The second-order valence-corrected chi connectivity index (χ2v) is 4.97. The lowest BCUT2D eigenvalue weighted by molar-refractivity contribution is 0.505. The highest BCUT2D eigenvalue weighted by Gasteiger charge is 2.06. The summed E-state index contributed by atoms with van der Waals surface area (Å²) in [4.78, 5) is 4.18. The molecule has 1 aromatic carbocycles. The monoisotopic (exact) mass is 227 g/mol. The van der Waals surface area contributed by atoms with Gasteiger partial charge in [0.25, 0.3) is 0 Å². The Morgan fingerprint density at radius 2 is 2.12 bits per heavy atom. The summed E-state index contributed by atoms with van der Waals surface area (Å²) in [6.45, 7) is 4.62. The summed E-state index contributed by atoms with van der Waals surface area (Å²) in [6, 6.07) is 8.68. The van der Waals surface area contributed by atoms with Gasteiger partial charge in [-0.25, -0.2) is 0 Å². The van der Waals surface area contributed by atoms with Crippen molar-refractivity contribution < 1.29 is 0 Å². The lowest BCUT2D eigenvalue weighted by Crippen LogP contribution is -2.00. The van der Waals surface area contributed by atoms with Crippen molar-refractivity contribution in [2.75, 3.05) is 0 Å². The second-order valence-electron chi connectivity index (χ2n) is 4.97. The van der Waals surface area contributed by atoms with Crippen LogP contribution in [0.4, 0.5) is 0 Å². The van der Waals surface area contributed by atoms with Gasteiger partial charge in [0.15, 0.2) is 0 Å². The molecule has 2 aromatic rings. The van der Waals surface area contributed by atoms with Crippen LogP contribution in [0.2, 0.25) is 0 Å². The van der Waals surface area contributed by atoms with E-state index < -0.39 is 0 Å². The number of pyridine rings is 1. The standard InChI is InChI=1S/C16H21N/c1-3-4-6-13(2)11-14-7-5-8-15-12-17-10-9-16(14)15/h5,7-10,12-13H,3-4,6,11H2,1-2H3. The van der Waals surface area contributed by atoms with E-state index in [4.69, 9.17) is 0 Å². The van der Waals surface area contributed by atoms with Crippen molar-refractivity contribution in [3.05, 3.63) is 42.2 Å². The molecular weight excluding hydrogens is 206 g/mol. The first-order valence-corrected chi connectivity index (χ1v) is 6.63. The topological polar surface area (TPSA) is 12.9 Å². The van der Waals surface area contributed by atoms with Gasteiger partial charge < -0.3 is 0 Å². The second kappa shape index (κ2) is 5.81. The summed E-state index contributed by atoms with van der Waals surface area (Å²) in [5, 5.41) is 2.62. The first-order chi connectivity index (χ1) is 8.31. The van der Waals surface area contributed by atoms with E-state index in [0.717, 1.165) is 5.92 Å². The van der Waals surface area contributed by atoms with Crippen molar-refractivity contribution in [3.8, 4) is 0 Å². The number of unbranched alkanes of at least 4 members (excludes halogenated alkanes) is 1. The van der Waals surface area contributed by atoms with E-state index in [-0.39, 0.29) is 0 Å². The fraction of sp³-hybridized carbons (Fsp3) is 0.438. The van der Waals surface area contributed by atoms with Crippen LogP contribution in [0.3, 0.4) is 0 Å². The molecule has 0 radical (unpaired) electrons. The van der Waals surface area contributed by atoms with Gasteiger partial charge in [0, 0.05) is 17.8 Å². The largest absolute Gasteiger partial charge is 0.264 e. The zero-order valence-corrected chi connectivity index (χ0v) is 10.8. The zero-order valence-electron chi connectivity index (χ0n) is 10.8. The van der Waals surface area contributed by atoms with Crippen LogP contribution in [0.15, 0.2) is 36.7 Å². The molecule has 1 atom stereocenters. The van der Waals surface area contributed by atoms with Gasteiger partial charge in [-0.05, 0) is 29.4 Å². The van der Waals surface area contributed by atoms with Crippen LogP contribution in [-0.4, -0.2) is 4.98 Å². The molecule has 17 heavy (non-hydrogen) atoms. The number of benzene rings is 1. The Morgan fingerprint density at radius 3 is 2.94 bits per heavy atom. The molecule has 0 bridgehead atoms. The molecule has 0 spiro atoms. The molecule has 0 N–H and O–H groups in total. The number of rotatable bonds is 5. The van der Waals surface area contributed by atoms with Crippen LogP contribution in [0.1, 0.15) is 38.7 Å². The average molecular weight is 227 g/mol. The molecule has 0 amide bonds. The first-order valence-electron chi connectivity index (χ1n) is 6.63. The van der Waals surface area contributed by atoms with Crippen LogP contribution in [-0.2, 0) is 6.42 Å². The van der Waals surface area contributed by atoms with Crippen LogP contribution >= 0.6 is 0 Å². The fourth-order valence-electron chi connectivity index (χ4n) is 2.40. The Hall–Kier alpha value is -1.37. The van der Waals surface area contributed by atoms with Crippen molar-refractivity contribution in [2.24, 2.45) is 5.92 Å². The van der Waals surface area contributed by atoms with Gasteiger partial charge in [-0.1, -0.05) is 51.3 Å². The van der Waals surface area contributed by atoms with E-state index in [2.05, 4.69) is 43.1 Å². The predicted molar refractivity (Wildman–Crippen MR) is 74.1 cm³/mol. The van der Waals surface area contributed by atoms with Gasteiger partial charge in [-0.15, -0.1) is 0 Å². The molecule has 2 rings (SSSR count). The molecule has 1 nitrogen and oxygen atoms in total. The van der Waals surface area contributed by atoms with E-state index >= 15 is 0 Å². The number of nitrogens with zero attached hydrogens (tertiary/aromatic N) is 1. The van der Waals surface area contributed by atoms with E-state index in [1.54, 1.807) is 0 Å². The quantitative estimate of drug-likeness (QED) is 0.727. The van der Waals surface area contributed by atoms with Gasteiger partial charge in [0.1, 0.15) is 0 Å². The van der Waals surface area contributed by atoms with Gasteiger partial charge >= 0.3 is 0 Å². The zero-order chi connectivity index (χ0) is 12.1. The van der Waals surface area contributed by atoms with Crippen molar-refractivity contribution in [2.45, 2.75) is 39.5 Å². The minimum absolute atomic E-state index is 0.772. The highest BCUT2D eigenvalue weighted by Crippen LogP contribution is 2.22. The fourth-order valence-corrected chi connectivity index (χ4v) is 2.40. The lowest BCUT2D eigenvalue weighted by Gasteiger charge is -2.12.